The summed E-state index contributed by atoms with van der Waals surface area (Å²) in [4.78, 5) is 23.8. The van der Waals surface area contributed by atoms with Crippen LogP contribution in [-0.4, -0.2) is 29.3 Å². The van der Waals surface area contributed by atoms with Gasteiger partial charge in [-0.05, 0) is 6.42 Å². The maximum Gasteiger partial charge on any atom is 0.230 e. The highest BCUT2D eigenvalue weighted by molar-refractivity contribution is 5.98. The van der Waals surface area contributed by atoms with E-state index in [1.807, 2.05) is 6.92 Å². The molecule has 0 aromatic heterocycles. The normalized spacial score (nSPS) is 20.3. The molecule has 0 unspecified atom stereocenters. The predicted molar refractivity (Wildman–Crippen MR) is 44.2 cm³/mol. The summed E-state index contributed by atoms with van der Waals surface area (Å²) in [6.45, 7) is 2.47. The molecule has 1 fully saturated rings. The maximum absolute atomic E-state index is 11.2. The van der Waals surface area contributed by atoms with E-state index in [9.17, 15) is 9.59 Å². The second kappa shape index (κ2) is 3.67. The molecule has 0 aliphatic carbocycles. The van der Waals surface area contributed by atoms with Crippen molar-refractivity contribution in [3.8, 4) is 0 Å². The second-order valence-electron chi connectivity index (χ2n) is 3.11. The number of hydrogen-bond donors (Lipinski definition) is 1. The van der Waals surface area contributed by atoms with Crippen LogP contribution >= 0.6 is 0 Å². The summed E-state index contributed by atoms with van der Waals surface area (Å²) in [5.41, 5.74) is 5.51. The molecule has 4 heteroatoms. The molecule has 1 saturated heterocycles. The minimum Gasteiger partial charge on any atom is -0.327 e. The first kappa shape index (κ1) is 9.19. The van der Waals surface area contributed by atoms with E-state index in [0.29, 0.717) is 19.4 Å². The molecule has 0 radical (unpaired) electrons. The Morgan fingerprint density at radius 3 is 2.33 bits per heavy atom. The van der Waals surface area contributed by atoms with Gasteiger partial charge < -0.3 is 5.73 Å². The van der Waals surface area contributed by atoms with Gasteiger partial charge in [0.2, 0.25) is 11.8 Å². The quantitative estimate of drug-likeness (QED) is 0.587. The number of nitrogens with zero attached hydrogens (tertiary/aromatic N) is 1. The lowest BCUT2D eigenvalue weighted by molar-refractivity contribution is -0.148. The first-order valence-corrected chi connectivity index (χ1v) is 4.24. The van der Waals surface area contributed by atoms with E-state index in [1.54, 1.807) is 0 Å². The van der Waals surface area contributed by atoms with Crippen LogP contribution in [0.2, 0.25) is 0 Å². The number of amides is 2. The van der Waals surface area contributed by atoms with Crippen molar-refractivity contribution in [3.05, 3.63) is 0 Å². The molecule has 0 bridgehead atoms. The number of imide groups is 1. The number of likely N-dealkylation sites (tertiary alicyclic amines) is 1. The van der Waals surface area contributed by atoms with Crippen LogP contribution in [0.25, 0.3) is 0 Å². The largest absolute Gasteiger partial charge is 0.327 e. The molecule has 2 N–H and O–H groups in total. The van der Waals surface area contributed by atoms with Crippen LogP contribution in [0.5, 0.6) is 0 Å². The van der Waals surface area contributed by atoms with Crippen LogP contribution in [0.15, 0.2) is 0 Å². The fourth-order valence-corrected chi connectivity index (χ4v) is 1.35. The highest BCUT2D eigenvalue weighted by atomic mass is 16.2. The van der Waals surface area contributed by atoms with Crippen molar-refractivity contribution in [1.82, 2.24) is 4.90 Å². The molecule has 12 heavy (non-hydrogen) atoms. The first-order valence-electron chi connectivity index (χ1n) is 4.24. The predicted octanol–water partition coefficient (Wildman–Crippen LogP) is -0.127. The topological polar surface area (TPSA) is 63.4 Å². The average Bonchev–Trinajstić information content (AvgIpc) is 1.96. The summed E-state index contributed by atoms with van der Waals surface area (Å²) in [5, 5.41) is 0. The van der Waals surface area contributed by atoms with Gasteiger partial charge in [0.1, 0.15) is 0 Å². The fraction of sp³-hybridized carbons (Fsp3) is 0.750. The van der Waals surface area contributed by atoms with Gasteiger partial charge in [-0.1, -0.05) is 6.92 Å². The summed E-state index contributed by atoms with van der Waals surface area (Å²) in [6.07, 6.45) is 1.43. The molecule has 1 heterocycles. The molecule has 0 spiro atoms. The van der Waals surface area contributed by atoms with E-state index >= 15 is 0 Å². The van der Waals surface area contributed by atoms with Crippen molar-refractivity contribution in [2.24, 2.45) is 5.73 Å². The summed E-state index contributed by atoms with van der Waals surface area (Å²) in [5.74, 6) is -0.249. The Morgan fingerprint density at radius 2 is 1.92 bits per heavy atom. The fourth-order valence-electron chi connectivity index (χ4n) is 1.35. The minimum absolute atomic E-state index is 0.124. The molecule has 0 aromatic carbocycles. The molecular weight excluding hydrogens is 156 g/mol. The molecule has 0 atom stereocenters. The van der Waals surface area contributed by atoms with Crippen LogP contribution in [0.3, 0.4) is 0 Å². The number of carbonyl (C=O) groups is 2. The van der Waals surface area contributed by atoms with Gasteiger partial charge in [-0.25, -0.2) is 0 Å². The highest BCUT2D eigenvalue weighted by Crippen LogP contribution is 2.11. The molecule has 0 saturated carbocycles. The molecular formula is C8H14N2O2. The Labute approximate surface area is 71.7 Å². The van der Waals surface area contributed by atoms with Crippen molar-refractivity contribution in [2.75, 3.05) is 6.54 Å². The zero-order valence-corrected chi connectivity index (χ0v) is 7.25. The molecule has 4 nitrogen and oxygen atoms in total. The monoisotopic (exact) mass is 170 g/mol. The van der Waals surface area contributed by atoms with Crippen molar-refractivity contribution >= 4 is 11.8 Å². The lowest BCUT2D eigenvalue weighted by Crippen LogP contribution is -2.47. The van der Waals surface area contributed by atoms with Gasteiger partial charge in [0, 0.05) is 25.4 Å². The molecule has 68 valence electrons. The van der Waals surface area contributed by atoms with Gasteiger partial charge in [0.25, 0.3) is 0 Å². The van der Waals surface area contributed by atoms with Gasteiger partial charge in [-0.15, -0.1) is 0 Å². The number of piperidine rings is 1. The number of hydrogen-bond acceptors (Lipinski definition) is 3. The van der Waals surface area contributed by atoms with Gasteiger partial charge in [0.05, 0.1) is 0 Å². The summed E-state index contributed by atoms with van der Waals surface area (Å²) in [7, 11) is 0. The van der Waals surface area contributed by atoms with E-state index in [4.69, 9.17) is 5.73 Å². The third-order valence-corrected chi connectivity index (χ3v) is 1.92. The van der Waals surface area contributed by atoms with Crippen molar-refractivity contribution in [1.29, 1.82) is 0 Å². The van der Waals surface area contributed by atoms with Gasteiger partial charge in [-0.2, -0.15) is 0 Å². The van der Waals surface area contributed by atoms with Gasteiger partial charge >= 0.3 is 0 Å². The Hall–Kier alpha value is -0.900. The van der Waals surface area contributed by atoms with Crippen molar-refractivity contribution < 1.29 is 9.59 Å². The number of nitrogens with two attached hydrogens (primary N) is 1. The van der Waals surface area contributed by atoms with E-state index in [0.717, 1.165) is 6.42 Å². The van der Waals surface area contributed by atoms with E-state index in [-0.39, 0.29) is 17.9 Å². The van der Waals surface area contributed by atoms with Crippen LogP contribution in [-0.2, 0) is 9.59 Å². The van der Waals surface area contributed by atoms with Gasteiger partial charge in [0.15, 0.2) is 0 Å². The molecule has 1 rings (SSSR count). The Kier molecular flexibility index (Phi) is 2.81. The summed E-state index contributed by atoms with van der Waals surface area (Å²) in [6, 6.07) is -0.266. The molecule has 0 aromatic rings. The van der Waals surface area contributed by atoms with E-state index < -0.39 is 0 Å². The highest BCUT2D eigenvalue weighted by Gasteiger charge is 2.29. The van der Waals surface area contributed by atoms with Crippen LogP contribution in [0, 0.1) is 0 Å². The number of rotatable bonds is 2. The van der Waals surface area contributed by atoms with Crippen LogP contribution in [0.4, 0.5) is 0 Å². The van der Waals surface area contributed by atoms with Crippen LogP contribution in [0.1, 0.15) is 26.2 Å². The van der Waals surface area contributed by atoms with Crippen molar-refractivity contribution in [2.45, 2.75) is 32.2 Å². The Morgan fingerprint density at radius 1 is 1.42 bits per heavy atom. The second-order valence-corrected chi connectivity index (χ2v) is 3.11. The Balaban J connectivity index is 2.61. The molecule has 2 amide bonds. The smallest absolute Gasteiger partial charge is 0.230 e. The lowest BCUT2D eigenvalue weighted by Gasteiger charge is -2.27. The average molecular weight is 170 g/mol. The maximum atomic E-state index is 11.2. The Bertz CT molecular complexity index is 185. The zero-order valence-electron chi connectivity index (χ0n) is 7.25. The van der Waals surface area contributed by atoms with Crippen LogP contribution < -0.4 is 5.73 Å². The summed E-state index contributed by atoms with van der Waals surface area (Å²) < 4.78 is 0. The standard InChI is InChI=1S/C8H14N2O2/c1-2-3-10-7(11)4-6(9)5-8(10)12/h6H,2-5,9H2,1H3. The third-order valence-electron chi connectivity index (χ3n) is 1.92. The SMILES string of the molecule is CCCN1C(=O)CC(N)CC1=O. The summed E-state index contributed by atoms with van der Waals surface area (Å²) >= 11 is 0. The minimum atomic E-state index is -0.266. The zero-order chi connectivity index (χ0) is 9.14. The van der Waals surface area contributed by atoms with Gasteiger partial charge in [-0.3, -0.25) is 14.5 Å². The lowest BCUT2D eigenvalue weighted by atomic mass is 10.0. The third kappa shape index (κ3) is 1.82. The number of carbonyl (C=O) groups excluding carboxylic acids is 2. The van der Waals surface area contributed by atoms with E-state index in [1.165, 1.54) is 4.90 Å². The first-order chi connectivity index (χ1) is 5.65. The molecule has 1 aliphatic heterocycles. The van der Waals surface area contributed by atoms with Crippen molar-refractivity contribution in [3.63, 3.8) is 0 Å². The molecule has 1 aliphatic rings. The van der Waals surface area contributed by atoms with E-state index in [2.05, 4.69) is 0 Å².